The number of nitrogens with zero attached hydrogens (tertiary/aromatic N) is 2. The lowest BCUT2D eigenvalue weighted by Crippen LogP contribution is -2.33. The Bertz CT molecular complexity index is 1020. The average Bonchev–Trinajstić information content (AvgIpc) is 3.25. The zero-order chi connectivity index (χ0) is 20.1. The van der Waals surface area contributed by atoms with Crippen molar-refractivity contribution in [3.63, 3.8) is 0 Å². The number of rotatable bonds is 7. The number of anilines is 1. The van der Waals surface area contributed by atoms with E-state index in [1.165, 1.54) is 0 Å². The van der Waals surface area contributed by atoms with Gasteiger partial charge in [0, 0.05) is 30.2 Å². The van der Waals surface area contributed by atoms with Crippen LogP contribution in [0.1, 0.15) is 35.8 Å². The fourth-order valence-corrected chi connectivity index (χ4v) is 4.92. The third kappa shape index (κ3) is 4.40. The summed E-state index contributed by atoms with van der Waals surface area (Å²) in [6, 6.07) is 13.4. The number of benzene rings is 1. The summed E-state index contributed by atoms with van der Waals surface area (Å²) in [7, 11) is -3.61. The molecular formula is C20H21N3O3S2. The lowest BCUT2D eigenvalue weighted by Gasteiger charge is -2.28. The molecule has 0 aliphatic heterocycles. The minimum atomic E-state index is -3.61. The molecule has 2 heterocycles. The number of hydrogen-bond acceptors (Lipinski definition) is 5. The highest BCUT2D eigenvalue weighted by Gasteiger charge is 2.22. The molecule has 2 aromatic heterocycles. The highest BCUT2D eigenvalue weighted by Crippen LogP contribution is 2.23. The maximum absolute atomic E-state index is 12.9. The van der Waals surface area contributed by atoms with Crippen molar-refractivity contribution in [1.29, 1.82) is 0 Å². The van der Waals surface area contributed by atoms with Gasteiger partial charge >= 0.3 is 0 Å². The molecule has 0 aliphatic carbocycles. The maximum Gasteiger partial charge on any atom is 0.271 e. The number of carbonyl (C=O) groups is 1. The van der Waals surface area contributed by atoms with Gasteiger partial charge in [0.25, 0.3) is 15.9 Å². The summed E-state index contributed by atoms with van der Waals surface area (Å²) in [5.41, 5.74) is 1.86. The second-order valence-electron chi connectivity index (χ2n) is 6.17. The van der Waals surface area contributed by atoms with Crippen LogP contribution in [0.4, 0.5) is 5.69 Å². The van der Waals surface area contributed by atoms with E-state index in [9.17, 15) is 13.2 Å². The Labute approximate surface area is 168 Å². The number of hydrogen-bond donors (Lipinski definition) is 1. The highest BCUT2D eigenvalue weighted by atomic mass is 32.2. The second-order valence-corrected chi connectivity index (χ2v) is 9.03. The van der Waals surface area contributed by atoms with Gasteiger partial charge in [-0.15, -0.1) is 11.3 Å². The maximum atomic E-state index is 12.9. The fraction of sp³-hybridized carbons (Fsp3) is 0.200. The van der Waals surface area contributed by atoms with Crippen LogP contribution in [0, 0.1) is 0 Å². The summed E-state index contributed by atoms with van der Waals surface area (Å²) in [5, 5.41) is 1.71. The Kier molecular flexibility index (Phi) is 6.11. The predicted molar refractivity (Wildman–Crippen MR) is 111 cm³/mol. The summed E-state index contributed by atoms with van der Waals surface area (Å²) in [6.07, 6.45) is 3.45. The minimum absolute atomic E-state index is 0.119. The van der Waals surface area contributed by atoms with E-state index in [1.807, 2.05) is 26.0 Å². The Morgan fingerprint density at radius 1 is 1.18 bits per heavy atom. The molecule has 1 atom stereocenters. The third-order valence-electron chi connectivity index (χ3n) is 4.38. The van der Waals surface area contributed by atoms with E-state index in [2.05, 4.69) is 9.71 Å². The van der Waals surface area contributed by atoms with Gasteiger partial charge in [-0.05, 0) is 61.2 Å². The topological polar surface area (TPSA) is 79.4 Å². The quantitative estimate of drug-likeness (QED) is 0.628. The summed E-state index contributed by atoms with van der Waals surface area (Å²) in [4.78, 5) is 18.8. The molecule has 0 saturated heterocycles. The van der Waals surface area contributed by atoms with E-state index in [0.717, 1.165) is 16.9 Å². The molecule has 1 N–H and O–H groups in total. The lowest BCUT2D eigenvalue weighted by atomic mass is 10.1. The van der Waals surface area contributed by atoms with Crippen molar-refractivity contribution in [2.45, 2.75) is 24.1 Å². The fourth-order valence-electron chi connectivity index (χ4n) is 2.86. The van der Waals surface area contributed by atoms with Gasteiger partial charge in [-0.2, -0.15) is 0 Å². The van der Waals surface area contributed by atoms with Crippen LogP contribution in [-0.4, -0.2) is 30.8 Å². The molecule has 28 heavy (non-hydrogen) atoms. The largest absolute Gasteiger partial charge is 0.332 e. The minimum Gasteiger partial charge on any atom is -0.332 e. The molecule has 0 saturated carbocycles. The first kappa shape index (κ1) is 20.0. The van der Waals surface area contributed by atoms with Crippen molar-refractivity contribution in [2.75, 3.05) is 11.3 Å². The number of thiophene rings is 1. The first-order valence-electron chi connectivity index (χ1n) is 8.79. The van der Waals surface area contributed by atoms with E-state index in [-0.39, 0.29) is 16.2 Å². The normalized spacial score (nSPS) is 12.4. The summed E-state index contributed by atoms with van der Waals surface area (Å²) in [5.74, 6) is -0.119. The van der Waals surface area contributed by atoms with Crippen LogP contribution in [-0.2, 0) is 10.0 Å². The predicted octanol–water partition coefficient (Wildman–Crippen LogP) is 4.17. The standard InChI is InChI=1S/C20H21N3O3S2/c1-3-23(15(2)17-6-4-12-21-14-17)20(24)16-8-10-18(11-9-16)22-28(25,26)19-7-5-13-27-19/h4-15,22H,3H2,1-2H3. The van der Waals surface area contributed by atoms with Gasteiger partial charge in [-0.25, -0.2) is 8.42 Å². The lowest BCUT2D eigenvalue weighted by molar-refractivity contribution is 0.0702. The SMILES string of the molecule is CCN(C(=O)c1ccc(NS(=O)(=O)c2cccs2)cc1)C(C)c1cccnc1. The van der Waals surface area contributed by atoms with E-state index < -0.39 is 10.0 Å². The Morgan fingerprint density at radius 3 is 2.50 bits per heavy atom. The number of carbonyl (C=O) groups excluding carboxylic acids is 1. The first-order valence-corrected chi connectivity index (χ1v) is 11.2. The van der Waals surface area contributed by atoms with Gasteiger partial charge in [0.05, 0.1) is 6.04 Å². The van der Waals surface area contributed by atoms with Crippen LogP contribution in [0.5, 0.6) is 0 Å². The van der Waals surface area contributed by atoms with Gasteiger partial charge in [0.2, 0.25) is 0 Å². The smallest absolute Gasteiger partial charge is 0.271 e. The van der Waals surface area contributed by atoms with E-state index in [4.69, 9.17) is 0 Å². The third-order valence-corrected chi connectivity index (χ3v) is 7.16. The number of aromatic nitrogens is 1. The zero-order valence-electron chi connectivity index (χ0n) is 15.6. The highest BCUT2D eigenvalue weighted by molar-refractivity contribution is 7.94. The number of sulfonamides is 1. The Hall–Kier alpha value is -2.71. The number of nitrogens with one attached hydrogen (secondary N) is 1. The molecule has 8 heteroatoms. The number of pyridine rings is 1. The molecule has 1 unspecified atom stereocenters. The van der Waals surface area contributed by atoms with Gasteiger partial charge in [0.1, 0.15) is 4.21 Å². The summed E-state index contributed by atoms with van der Waals surface area (Å²) < 4.78 is 27.4. The van der Waals surface area contributed by atoms with Crippen molar-refractivity contribution < 1.29 is 13.2 Å². The van der Waals surface area contributed by atoms with E-state index >= 15 is 0 Å². The molecule has 3 rings (SSSR count). The average molecular weight is 416 g/mol. The first-order chi connectivity index (χ1) is 13.4. The molecule has 1 amide bonds. The van der Waals surface area contributed by atoms with Crippen LogP contribution in [0.15, 0.2) is 70.5 Å². The molecule has 0 bridgehead atoms. The second kappa shape index (κ2) is 8.53. The Morgan fingerprint density at radius 2 is 1.93 bits per heavy atom. The summed E-state index contributed by atoms with van der Waals surface area (Å²) in [6.45, 7) is 4.43. The summed E-state index contributed by atoms with van der Waals surface area (Å²) >= 11 is 1.15. The number of amides is 1. The molecule has 6 nitrogen and oxygen atoms in total. The van der Waals surface area contributed by atoms with Gasteiger partial charge < -0.3 is 4.90 Å². The van der Waals surface area contributed by atoms with Crippen molar-refractivity contribution in [1.82, 2.24) is 9.88 Å². The van der Waals surface area contributed by atoms with Crippen LogP contribution in [0.3, 0.4) is 0 Å². The monoisotopic (exact) mass is 415 g/mol. The molecule has 146 valence electrons. The van der Waals surface area contributed by atoms with Gasteiger partial charge in [0.15, 0.2) is 0 Å². The van der Waals surface area contributed by atoms with Crippen LogP contribution in [0.2, 0.25) is 0 Å². The zero-order valence-corrected chi connectivity index (χ0v) is 17.2. The van der Waals surface area contributed by atoms with Crippen LogP contribution < -0.4 is 4.72 Å². The molecular weight excluding hydrogens is 394 g/mol. The van der Waals surface area contributed by atoms with Crippen molar-refractivity contribution >= 4 is 33.0 Å². The van der Waals surface area contributed by atoms with E-state index in [0.29, 0.717) is 17.8 Å². The van der Waals surface area contributed by atoms with Crippen molar-refractivity contribution in [2.24, 2.45) is 0 Å². The van der Waals surface area contributed by atoms with Crippen LogP contribution in [0.25, 0.3) is 0 Å². The van der Waals surface area contributed by atoms with Gasteiger partial charge in [-0.1, -0.05) is 12.1 Å². The molecule has 1 aromatic carbocycles. The Balaban J connectivity index is 1.76. The van der Waals surface area contributed by atoms with Crippen molar-refractivity contribution in [3.8, 4) is 0 Å². The van der Waals surface area contributed by atoms with E-state index in [1.54, 1.807) is 59.1 Å². The van der Waals surface area contributed by atoms with Crippen LogP contribution >= 0.6 is 11.3 Å². The molecule has 0 aliphatic rings. The van der Waals surface area contributed by atoms with Gasteiger partial charge in [-0.3, -0.25) is 14.5 Å². The molecule has 0 spiro atoms. The molecule has 3 aromatic rings. The van der Waals surface area contributed by atoms with Crippen molar-refractivity contribution in [3.05, 3.63) is 77.4 Å². The molecule has 0 fully saturated rings. The molecule has 0 radical (unpaired) electrons.